The molecule has 0 bridgehead atoms. The molecular formula is C17H20ClNO. The molecule has 2 nitrogen and oxygen atoms in total. The number of nitrogens with zero attached hydrogens (tertiary/aromatic N) is 1. The molecule has 0 aliphatic heterocycles. The number of rotatable bonds is 5. The van der Waals surface area contributed by atoms with E-state index >= 15 is 0 Å². The first-order chi connectivity index (χ1) is 9.60. The van der Waals surface area contributed by atoms with Crippen LogP contribution in [0.15, 0.2) is 48.5 Å². The summed E-state index contributed by atoms with van der Waals surface area (Å²) in [5.41, 5.74) is 3.32. The summed E-state index contributed by atoms with van der Waals surface area (Å²) >= 11 is 5.89. The molecule has 1 atom stereocenters. The highest BCUT2D eigenvalue weighted by Gasteiger charge is 2.06. The highest BCUT2D eigenvalue weighted by atomic mass is 35.5. The molecule has 0 saturated heterocycles. The van der Waals surface area contributed by atoms with Gasteiger partial charge in [0.2, 0.25) is 0 Å². The fraction of sp³-hybridized carbons (Fsp3) is 0.294. The molecular weight excluding hydrogens is 270 g/mol. The molecule has 2 aromatic carbocycles. The zero-order valence-corrected chi connectivity index (χ0v) is 12.6. The molecule has 0 fully saturated rings. The molecule has 0 saturated carbocycles. The fourth-order valence-corrected chi connectivity index (χ4v) is 2.27. The molecule has 2 rings (SSSR count). The molecule has 0 aromatic heterocycles. The zero-order chi connectivity index (χ0) is 14.5. The van der Waals surface area contributed by atoms with Gasteiger partial charge in [-0.1, -0.05) is 42.8 Å². The van der Waals surface area contributed by atoms with E-state index in [0.29, 0.717) is 0 Å². The Hall–Kier alpha value is -1.51. The van der Waals surface area contributed by atoms with Gasteiger partial charge in [0.25, 0.3) is 0 Å². The van der Waals surface area contributed by atoms with Crippen LogP contribution in [-0.4, -0.2) is 12.2 Å². The molecule has 0 aliphatic carbocycles. The summed E-state index contributed by atoms with van der Waals surface area (Å²) < 4.78 is 0. The van der Waals surface area contributed by atoms with Crippen molar-refractivity contribution in [2.75, 3.05) is 11.9 Å². The standard InChI is InChI=1S/C17H20ClNO/c1-3-17(20)14-6-10-16(11-7-14)19(2)12-13-4-8-15(18)9-5-13/h4-11,17,20H,3,12H2,1-2H3. The number of aliphatic hydroxyl groups excluding tert-OH is 1. The maximum absolute atomic E-state index is 9.79. The molecule has 2 aromatic rings. The van der Waals surface area contributed by atoms with Crippen molar-refractivity contribution < 1.29 is 5.11 Å². The van der Waals surface area contributed by atoms with Crippen molar-refractivity contribution in [1.82, 2.24) is 0 Å². The molecule has 1 N–H and O–H groups in total. The van der Waals surface area contributed by atoms with E-state index in [1.54, 1.807) is 0 Å². The highest BCUT2D eigenvalue weighted by Crippen LogP contribution is 2.21. The van der Waals surface area contributed by atoms with Crippen LogP contribution in [0.5, 0.6) is 0 Å². The Kier molecular flexibility index (Phi) is 5.05. The van der Waals surface area contributed by atoms with Crippen molar-refractivity contribution in [2.45, 2.75) is 26.0 Å². The summed E-state index contributed by atoms with van der Waals surface area (Å²) in [6.07, 6.45) is 0.366. The predicted molar refractivity (Wildman–Crippen MR) is 85.3 cm³/mol. The molecule has 0 aliphatic rings. The summed E-state index contributed by atoms with van der Waals surface area (Å²) in [6, 6.07) is 16.0. The van der Waals surface area contributed by atoms with Crippen molar-refractivity contribution in [1.29, 1.82) is 0 Å². The van der Waals surface area contributed by atoms with Gasteiger partial charge < -0.3 is 10.0 Å². The second kappa shape index (κ2) is 6.78. The van der Waals surface area contributed by atoms with Crippen LogP contribution in [0.25, 0.3) is 0 Å². The van der Waals surface area contributed by atoms with E-state index in [0.717, 1.165) is 29.2 Å². The summed E-state index contributed by atoms with van der Waals surface area (Å²) in [4.78, 5) is 2.17. The van der Waals surface area contributed by atoms with Gasteiger partial charge >= 0.3 is 0 Å². The van der Waals surface area contributed by atoms with Crippen LogP contribution < -0.4 is 4.90 Å². The number of halogens is 1. The van der Waals surface area contributed by atoms with Gasteiger partial charge in [-0.25, -0.2) is 0 Å². The number of hydrogen-bond acceptors (Lipinski definition) is 2. The van der Waals surface area contributed by atoms with E-state index in [2.05, 4.69) is 11.9 Å². The highest BCUT2D eigenvalue weighted by molar-refractivity contribution is 6.30. The van der Waals surface area contributed by atoms with Gasteiger partial charge in [-0.3, -0.25) is 0 Å². The van der Waals surface area contributed by atoms with Crippen LogP contribution in [0.1, 0.15) is 30.6 Å². The third-order valence-electron chi connectivity index (χ3n) is 3.44. The van der Waals surface area contributed by atoms with Crippen molar-refractivity contribution in [2.24, 2.45) is 0 Å². The van der Waals surface area contributed by atoms with Gasteiger partial charge in [-0.05, 0) is 41.8 Å². The van der Waals surface area contributed by atoms with Crippen LogP contribution in [0.2, 0.25) is 5.02 Å². The van der Waals surface area contributed by atoms with Crippen LogP contribution in [0, 0.1) is 0 Å². The third-order valence-corrected chi connectivity index (χ3v) is 3.69. The lowest BCUT2D eigenvalue weighted by atomic mass is 10.1. The van der Waals surface area contributed by atoms with Crippen molar-refractivity contribution in [3.63, 3.8) is 0 Å². The number of aliphatic hydroxyl groups is 1. The average molecular weight is 290 g/mol. The van der Waals surface area contributed by atoms with E-state index < -0.39 is 0 Å². The van der Waals surface area contributed by atoms with E-state index in [9.17, 15) is 5.11 Å². The summed E-state index contributed by atoms with van der Waals surface area (Å²) in [5, 5.41) is 10.6. The predicted octanol–water partition coefficient (Wildman–Crippen LogP) is 4.42. The lowest BCUT2D eigenvalue weighted by Crippen LogP contribution is -2.16. The van der Waals surface area contributed by atoms with Gasteiger partial charge in [-0.15, -0.1) is 0 Å². The van der Waals surface area contributed by atoms with Crippen LogP contribution in [-0.2, 0) is 6.54 Å². The first kappa shape index (κ1) is 14.9. The summed E-state index contributed by atoms with van der Waals surface area (Å²) in [5.74, 6) is 0. The second-order valence-electron chi connectivity index (χ2n) is 5.00. The van der Waals surface area contributed by atoms with Gasteiger partial charge in [0.1, 0.15) is 0 Å². The SMILES string of the molecule is CCC(O)c1ccc(N(C)Cc2ccc(Cl)cc2)cc1. The van der Waals surface area contributed by atoms with E-state index in [1.807, 2.05) is 55.5 Å². The topological polar surface area (TPSA) is 23.5 Å². The summed E-state index contributed by atoms with van der Waals surface area (Å²) in [7, 11) is 2.06. The Morgan fingerprint density at radius 3 is 2.20 bits per heavy atom. The molecule has 106 valence electrons. The first-order valence-electron chi connectivity index (χ1n) is 6.83. The van der Waals surface area contributed by atoms with Crippen LogP contribution in [0.3, 0.4) is 0 Å². The maximum atomic E-state index is 9.79. The molecule has 0 amide bonds. The molecule has 0 radical (unpaired) electrons. The maximum Gasteiger partial charge on any atom is 0.0787 e. The molecule has 20 heavy (non-hydrogen) atoms. The van der Waals surface area contributed by atoms with Gasteiger partial charge in [-0.2, -0.15) is 0 Å². The Balaban J connectivity index is 2.05. The Labute approximate surface area is 125 Å². The molecule has 0 spiro atoms. The first-order valence-corrected chi connectivity index (χ1v) is 7.21. The number of benzene rings is 2. The molecule has 0 heterocycles. The Morgan fingerprint density at radius 1 is 1.05 bits per heavy atom. The van der Waals surface area contributed by atoms with Gasteiger partial charge in [0.05, 0.1) is 6.10 Å². The van der Waals surface area contributed by atoms with Gasteiger partial charge in [0.15, 0.2) is 0 Å². The van der Waals surface area contributed by atoms with Crippen molar-refractivity contribution in [3.05, 3.63) is 64.7 Å². The fourth-order valence-electron chi connectivity index (χ4n) is 2.14. The Morgan fingerprint density at radius 2 is 1.65 bits per heavy atom. The lowest BCUT2D eigenvalue weighted by molar-refractivity contribution is 0.173. The van der Waals surface area contributed by atoms with E-state index in [1.165, 1.54) is 5.56 Å². The average Bonchev–Trinajstić information content (AvgIpc) is 2.49. The number of anilines is 1. The largest absolute Gasteiger partial charge is 0.388 e. The quantitative estimate of drug-likeness (QED) is 0.881. The van der Waals surface area contributed by atoms with E-state index in [4.69, 9.17) is 11.6 Å². The minimum atomic E-state index is -0.370. The number of hydrogen-bond donors (Lipinski definition) is 1. The van der Waals surface area contributed by atoms with Crippen LogP contribution >= 0.6 is 11.6 Å². The van der Waals surface area contributed by atoms with Crippen LogP contribution in [0.4, 0.5) is 5.69 Å². The van der Waals surface area contributed by atoms with Crippen molar-refractivity contribution >= 4 is 17.3 Å². The van der Waals surface area contributed by atoms with Crippen molar-refractivity contribution in [3.8, 4) is 0 Å². The third kappa shape index (κ3) is 3.75. The second-order valence-corrected chi connectivity index (χ2v) is 5.43. The van der Waals surface area contributed by atoms with Gasteiger partial charge in [0, 0.05) is 24.3 Å². The lowest BCUT2D eigenvalue weighted by Gasteiger charge is -2.20. The zero-order valence-electron chi connectivity index (χ0n) is 11.9. The Bertz CT molecular complexity index is 536. The molecule has 1 unspecified atom stereocenters. The van der Waals surface area contributed by atoms with E-state index in [-0.39, 0.29) is 6.10 Å². The minimum absolute atomic E-state index is 0.370. The minimum Gasteiger partial charge on any atom is -0.388 e. The monoisotopic (exact) mass is 289 g/mol. The summed E-state index contributed by atoms with van der Waals surface area (Å²) in [6.45, 7) is 2.80. The smallest absolute Gasteiger partial charge is 0.0787 e. The normalized spacial score (nSPS) is 12.2. The molecule has 3 heteroatoms.